The molecule has 19 heavy (non-hydrogen) atoms. The van der Waals surface area contributed by atoms with Gasteiger partial charge in [0, 0.05) is 12.6 Å². The summed E-state index contributed by atoms with van der Waals surface area (Å²) in [5.74, 6) is 1.71. The average molecular weight is 264 g/mol. The van der Waals surface area contributed by atoms with E-state index in [1.165, 1.54) is 32.5 Å². The van der Waals surface area contributed by atoms with Crippen LogP contribution in [0.1, 0.15) is 19.3 Å². The van der Waals surface area contributed by atoms with Crippen LogP contribution in [0.3, 0.4) is 0 Å². The zero-order valence-electron chi connectivity index (χ0n) is 11.9. The van der Waals surface area contributed by atoms with Crippen molar-refractivity contribution in [2.75, 3.05) is 45.7 Å². The third kappa shape index (κ3) is 4.03. The smallest absolute Gasteiger partial charge is 0.142 e. The lowest BCUT2D eigenvalue weighted by atomic mass is 10.2. The largest absolute Gasteiger partial charge is 0.497 e. The minimum absolute atomic E-state index is 0.850. The van der Waals surface area contributed by atoms with Gasteiger partial charge >= 0.3 is 0 Å². The van der Waals surface area contributed by atoms with Gasteiger partial charge in [0.25, 0.3) is 0 Å². The molecule has 4 heteroatoms. The highest BCUT2D eigenvalue weighted by Crippen LogP contribution is 2.28. The Morgan fingerprint density at radius 3 is 2.63 bits per heavy atom. The van der Waals surface area contributed by atoms with Crippen molar-refractivity contribution in [2.45, 2.75) is 19.3 Å². The topological polar surface area (TPSA) is 33.7 Å². The number of nitrogens with zero attached hydrogens (tertiary/aromatic N) is 1. The molecule has 0 aromatic heterocycles. The van der Waals surface area contributed by atoms with Crippen molar-refractivity contribution in [3.63, 3.8) is 0 Å². The molecule has 0 saturated carbocycles. The van der Waals surface area contributed by atoms with Crippen molar-refractivity contribution < 1.29 is 9.47 Å². The van der Waals surface area contributed by atoms with Gasteiger partial charge < -0.3 is 19.7 Å². The molecule has 1 N–H and O–H groups in total. The van der Waals surface area contributed by atoms with Gasteiger partial charge in [-0.1, -0.05) is 0 Å². The van der Waals surface area contributed by atoms with Gasteiger partial charge in [-0.15, -0.1) is 0 Å². The highest BCUT2D eigenvalue weighted by atomic mass is 16.5. The predicted molar refractivity (Wildman–Crippen MR) is 78.3 cm³/mol. The van der Waals surface area contributed by atoms with Crippen LogP contribution in [0.15, 0.2) is 18.2 Å². The van der Waals surface area contributed by atoms with E-state index < -0.39 is 0 Å². The Balaban J connectivity index is 1.80. The molecule has 4 nitrogen and oxygen atoms in total. The summed E-state index contributed by atoms with van der Waals surface area (Å²) in [6.07, 6.45) is 3.87. The van der Waals surface area contributed by atoms with Gasteiger partial charge in [-0.05, 0) is 51.0 Å². The van der Waals surface area contributed by atoms with Crippen LogP contribution >= 0.6 is 0 Å². The molecule has 1 aromatic carbocycles. The van der Waals surface area contributed by atoms with Crippen LogP contribution < -0.4 is 14.8 Å². The summed E-state index contributed by atoms with van der Waals surface area (Å²) in [5, 5.41) is 3.43. The maximum Gasteiger partial charge on any atom is 0.142 e. The number of likely N-dealkylation sites (tertiary alicyclic amines) is 1. The normalized spacial score (nSPS) is 15.5. The third-order valence-corrected chi connectivity index (χ3v) is 3.57. The summed E-state index contributed by atoms with van der Waals surface area (Å²) in [7, 11) is 3.37. The Bertz CT molecular complexity index is 390. The van der Waals surface area contributed by atoms with Crippen LogP contribution in [0, 0.1) is 0 Å². The molecular formula is C15H24N2O2. The first kappa shape index (κ1) is 14.0. The molecule has 0 unspecified atom stereocenters. The van der Waals surface area contributed by atoms with E-state index in [9.17, 15) is 0 Å². The minimum atomic E-state index is 0.850. The van der Waals surface area contributed by atoms with Crippen LogP contribution in [0.2, 0.25) is 0 Å². The molecule has 1 fully saturated rings. The molecule has 1 aliphatic heterocycles. The van der Waals surface area contributed by atoms with E-state index in [2.05, 4.69) is 10.2 Å². The van der Waals surface area contributed by atoms with E-state index in [-0.39, 0.29) is 0 Å². The summed E-state index contributed by atoms with van der Waals surface area (Å²) in [5.41, 5.74) is 1.00. The lowest BCUT2D eigenvalue weighted by molar-refractivity contribution is 0.337. The Kier molecular flexibility index (Phi) is 5.33. The van der Waals surface area contributed by atoms with Crippen molar-refractivity contribution in [1.29, 1.82) is 0 Å². The Morgan fingerprint density at radius 2 is 1.95 bits per heavy atom. The van der Waals surface area contributed by atoms with Crippen LogP contribution in [0.25, 0.3) is 0 Å². The van der Waals surface area contributed by atoms with Crippen LogP contribution in [-0.4, -0.2) is 45.3 Å². The fraction of sp³-hybridized carbons (Fsp3) is 0.600. The van der Waals surface area contributed by atoms with E-state index in [4.69, 9.17) is 9.47 Å². The molecule has 0 amide bonds. The first-order valence-electron chi connectivity index (χ1n) is 7.02. The maximum absolute atomic E-state index is 5.35. The lowest BCUT2D eigenvalue weighted by Crippen LogP contribution is -2.22. The molecule has 1 aromatic rings. The number of rotatable bonds is 7. The molecule has 1 saturated heterocycles. The molecule has 0 atom stereocenters. The Labute approximate surface area is 115 Å². The highest BCUT2D eigenvalue weighted by molar-refractivity contribution is 5.59. The number of ether oxygens (including phenoxy) is 2. The van der Waals surface area contributed by atoms with Crippen molar-refractivity contribution in [3.8, 4) is 11.5 Å². The van der Waals surface area contributed by atoms with Crippen LogP contribution in [-0.2, 0) is 0 Å². The second kappa shape index (κ2) is 7.24. The zero-order valence-corrected chi connectivity index (χ0v) is 11.9. The SMILES string of the molecule is COc1ccc(OC)c(NCCCN2CCCC2)c1. The fourth-order valence-corrected chi connectivity index (χ4v) is 2.48. The van der Waals surface area contributed by atoms with Crippen molar-refractivity contribution in [1.82, 2.24) is 4.90 Å². The summed E-state index contributed by atoms with van der Waals surface area (Å²) in [6, 6.07) is 5.82. The molecule has 0 bridgehead atoms. The first-order chi connectivity index (χ1) is 9.33. The molecular weight excluding hydrogens is 240 g/mol. The monoisotopic (exact) mass is 264 g/mol. The summed E-state index contributed by atoms with van der Waals surface area (Å²) in [6.45, 7) is 4.67. The van der Waals surface area contributed by atoms with Gasteiger partial charge in [-0.2, -0.15) is 0 Å². The fourth-order valence-electron chi connectivity index (χ4n) is 2.48. The minimum Gasteiger partial charge on any atom is -0.497 e. The molecule has 106 valence electrons. The zero-order chi connectivity index (χ0) is 13.5. The Hall–Kier alpha value is -1.42. The second-order valence-corrected chi connectivity index (χ2v) is 4.90. The van der Waals surface area contributed by atoms with Crippen molar-refractivity contribution in [2.24, 2.45) is 0 Å². The number of anilines is 1. The number of hydrogen-bond donors (Lipinski definition) is 1. The quantitative estimate of drug-likeness (QED) is 0.768. The molecule has 0 aliphatic carbocycles. The number of benzene rings is 1. The lowest BCUT2D eigenvalue weighted by Gasteiger charge is -2.16. The van der Waals surface area contributed by atoms with E-state index in [0.717, 1.165) is 30.2 Å². The van der Waals surface area contributed by atoms with Crippen molar-refractivity contribution >= 4 is 5.69 Å². The average Bonchev–Trinajstić information content (AvgIpc) is 2.96. The van der Waals surface area contributed by atoms with Crippen molar-refractivity contribution in [3.05, 3.63) is 18.2 Å². The van der Waals surface area contributed by atoms with Gasteiger partial charge in [0.1, 0.15) is 11.5 Å². The van der Waals surface area contributed by atoms with Gasteiger partial charge in [-0.25, -0.2) is 0 Å². The second-order valence-electron chi connectivity index (χ2n) is 4.90. The number of hydrogen-bond acceptors (Lipinski definition) is 4. The van der Waals surface area contributed by atoms with E-state index in [1.54, 1.807) is 14.2 Å². The highest BCUT2D eigenvalue weighted by Gasteiger charge is 2.10. The van der Waals surface area contributed by atoms with Crippen LogP contribution in [0.4, 0.5) is 5.69 Å². The van der Waals surface area contributed by atoms with Gasteiger partial charge in [0.2, 0.25) is 0 Å². The standard InChI is InChI=1S/C15H24N2O2/c1-18-13-6-7-15(19-2)14(12-13)16-8-5-11-17-9-3-4-10-17/h6-7,12,16H,3-5,8-11H2,1-2H3. The van der Waals surface area contributed by atoms with E-state index in [0.29, 0.717) is 0 Å². The maximum atomic E-state index is 5.35. The molecule has 1 heterocycles. The van der Waals surface area contributed by atoms with Crippen LogP contribution in [0.5, 0.6) is 11.5 Å². The summed E-state index contributed by atoms with van der Waals surface area (Å²) in [4.78, 5) is 2.53. The molecule has 2 rings (SSSR count). The Morgan fingerprint density at radius 1 is 1.16 bits per heavy atom. The molecule has 0 spiro atoms. The predicted octanol–water partition coefficient (Wildman–Crippen LogP) is 2.60. The molecule has 0 radical (unpaired) electrons. The number of methoxy groups -OCH3 is 2. The van der Waals surface area contributed by atoms with Gasteiger partial charge in [0.15, 0.2) is 0 Å². The first-order valence-corrected chi connectivity index (χ1v) is 7.02. The molecule has 1 aliphatic rings. The van der Waals surface area contributed by atoms with E-state index in [1.807, 2.05) is 18.2 Å². The van der Waals surface area contributed by atoms with Gasteiger partial charge in [0.05, 0.1) is 19.9 Å². The number of nitrogens with one attached hydrogen (secondary N) is 1. The summed E-state index contributed by atoms with van der Waals surface area (Å²) >= 11 is 0. The summed E-state index contributed by atoms with van der Waals surface area (Å²) < 4.78 is 10.6. The van der Waals surface area contributed by atoms with Gasteiger partial charge in [-0.3, -0.25) is 0 Å². The van der Waals surface area contributed by atoms with E-state index >= 15 is 0 Å². The third-order valence-electron chi connectivity index (χ3n) is 3.57.